The van der Waals surface area contributed by atoms with Crippen LogP contribution in [-0.2, 0) is 31.8 Å². The number of methoxy groups -OCH3 is 2. The molecule has 2 aliphatic carbocycles. The van der Waals surface area contributed by atoms with Crippen molar-refractivity contribution in [3.63, 3.8) is 0 Å². The van der Waals surface area contributed by atoms with Crippen LogP contribution in [0.4, 0.5) is 0 Å². The zero-order chi connectivity index (χ0) is 36.8. The molecule has 51 heavy (non-hydrogen) atoms. The number of ether oxygens (including phenoxy) is 4. The number of fused-ring (bicyclic) bond motifs is 3. The highest BCUT2D eigenvalue weighted by Crippen LogP contribution is 2.47. The van der Waals surface area contributed by atoms with Crippen LogP contribution in [0.3, 0.4) is 0 Å². The van der Waals surface area contributed by atoms with E-state index in [1.165, 1.54) is 32.7 Å². The van der Waals surface area contributed by atoms with Crippen LogP contribution in [0, 0.1) is 11.8 Å². The fourth-order valence-corrected chi connectivity index (χ4v) is 7.58. The molecule has 6 unspecified atom stereocenters. The number of hydrogen-bond donors (Lipinski definition) is 5. The zero-order valence-electron chi connectivity index (χ0n) is 30.3. The summed E-state index contributed by atoms with van der Waals surface area (Å²) < 4.78 is 21.3. The molecule has 2 aromatic carbocycles. The summed E-state index contributed by atoms with van der Waals surface area (Å²) in [5.74, 6) is -1.06. The first-order chi connectivity index (χ1) is 24.5. The van der Waals surface area contributed by atoms with Gasteiger partial charge in [0, 0.05) is 62.0 Å². The summed E-state index contributed by atoms with van der Waals surface area (Å²) in [6.07, 6.45) is 2.59. The number of rotatable bonds is 5. The van der Waals surface area contributed by atoms with Crippen molar-refractivity contribution in [2.75, 3.05) is 60.2 Å². The lowest BCUT2D eigenvalue weighted by atomic mass is 9.75. The highest BCUT2D eigenvalue weighted by molar-refractivity contribution is 6.31. The number of carbonyl (C=O) groups excluding carboxylic acids is 3. The molecule has 0 saturated carbocycles. The van der Waals surface area contributed by atoms with Gasteiger partial charge in [-0.3, -0.25) is 19.3 Å². The third-order valence-corrected chi connectivity index (χ3v) is 10.5. The number of hydrogen-bond acceptors (Lipinski definition) is 12. The summed E-state index contributed by atoms with van der Waals surface area (Å²) in [5, 5.41) is 38.0. The molecule has 0 radical (unpaired) electrons. The van der Waals surface area contributed by atoms with Crippen molar-refractivity contribution in [2.45, 2.75) is 77.4 Å². The van der Waals surface area contributed by atoms with E-state index in [1.807, 2.05) is 13.8 Å². The van der Waals surface area contributed by atoms with Gasteiger partial charge in [0.15, 0.2) is 12.1 Å². The van der Waals surface area contributed by atoms with Crippen LogP contribution in [0.25, 0.3) is 0 Å². The van der Waals surface area contributed by atoms with Crippen molar-refractivity contribution < 1.29 is 48.7 Å². The largest absolute Gasteiger partial charge is 0.507 e. The van der Waals surface area contributed by atoms with Gasteiger partial charge in [-0.2, -0.15) is 0 Å². The maximum atomic E-state index is 13.2. The summed E-state index contributed by atoms with van der Waals surface area (Å²) in [4.78, 5) is 40.8. The number of benzene rings is 2. The highest BCUT2D eigenvalue weighted by Gasteiger charge is 2.41. The number of morpholine rings is 1. The number of nitrogens with one attached hydrogen (secondary N) is 2. The molecule has 0 bridgehead atoms. The maximum Gasteiger partial charge on any atom is 0.223 e. The smallest absolute Gasteiger partial charge is 0.223 e. The number of phenolic OH excluding ortho intramolecular Hbond substituents is 2. The molecular formula is C38H53N3O10. The lowest BCUT2D eigenvalue weighted by Gasteiger charge is -2.43. The number of ketones is 2. The van der Waals surface area contributed by atoms with Gasteiger partial charge in [0.25, 0.3) is 0 Å². The van der Waals surface area contributed by atoms with E-state index in [1.54, 1.807) is 19.2 Å². The first-order valence-electron chi connectivity index (χ1n) is 18.0. The molecule has 280 valence electrons. The standard InChI is InChI=1S/C22H21NO6.C11H21NO4.C5H11N/c1-3-23-22(28)10-7-8-11-13(9-10)20(26)16-17(18(11)24)21(27)15-12(19(16)25)5-4-6-14(15)29-2;1-8-11(13)9(3-5-15-8)12-4-6-16-10(7-12)14-2;1-5-2-3-6-4-5/h4-6,10,24,26H,3,7-9H2,1-2H3,(H,23,28);8-11,13H,3-7H2,1-2H3;5-6H,2-4H2,1H3. The Morgan fingerprint density at radius 3 is 2.39 bits per heavy atom. The molecule has 0 spiro atoms. The van der Waals surface area contributed by atoms with E-state index < -0.39 is 17.7 Å². The van der Waals surface area contributed by atoms with E-state index in [-0.39, 0.29) is 76.2 Å². The highest BCUT2D eigenvalue weighted by atomic mass is 16.7. The monoisotopic (exact) mass is 711 g/mol. The van der Waals surface area contributed by atoms with Crippen LogP contribution in [-0.4, -0.2) is 122 Å². The average Bonchev–Trinajstić information content (AvgIpc) is 3.64. The minimum atomic E-state index is -0.562. The molecule has 3 heterocycles. The number of aromatic hydroxyl groups is 2. The van der Waals surface area contributed by atoms with Crippen LogP contribution in [0.15, 0.2) is 18.2 Å². The second-order valence-corrected chi connectivity index (χ2v) is 13.8. The van der Waals surface area contributed by atoms with Crippen LogP contribution in [0.2, 0.25) is 0 Å². The first kappa shape index (κ1) is 38.6. The fraction of sp³-hybridized carbons (Fsp3) is 0.605. The molecule has 1 amide bonds. The van der Waals surface area contributed by atoms with Gasteiger partial charge in [0.05, 0.1) is 42.6 Å². The van der Waals surface area contributed by atoms with Gasteiger partial charge in [-0.05, 0) is 71.0 Å². The van der Waals surface area contributed by atoms with Crippen molar-refractivity contribution in [1.82, 2.24) is 15.5 Å². The molecular weight excluding hydrogens is 658 g/mol. The molecule has 3 saturated heterocycles. The van der Waals surface area contributed by atoms with E-state index >= 15 is 0 Å². The first-order valence-corrected chi connectivity index (χ1v) is 18.0. The second-order valence-electron chi connectivity index (χ2n) is 13.8. The Hall–Kier alpha value is -3.59. The summed E-state index contributed by atoms with van der Waals surface area (Å²) in [6, 6.07) is 4.83. The van der Waals surface area contributed by atoms with Gasteiger partial charge in [-0.25, -0.2) is 0 Å². The van der Waals surface area contributed by atoms with E-state index in [0.29, 0.717) is 37.1 Å². The van der Waals surface area contributed by atoms with Crippen molar-refractivity contribution in [2.24, 2.45) is 11.8 Å². The van der Waals surface area contributed by atoms with Gasteiger partial charge in [0.1, 0.15) is 17.2 Å². The lowest BCUT2D eigenvalue weighted by Crippen LogP contribution is -2.57. The Morgan fingerprint density at radius 1 is 1.00 bits per heavy atom. The molecule has 5 aliphatic rings. The number of carbonyl (C=O) groups is 3. The van der Waals surface area contributed by atoms with Crippen molar-refractivity contribution in [3.8, 4) is 17.2 Å². The van der Waals surface area contributed by atoms with Crippen molar-refractivity contribution in [1.29, 1.82) is 0 Å². The van der Waals surface area contributed by atoms with Crippen LogP contribution in [0.1, 0.15) is 83.0 Å². The van der Waals surface area contributed by atoms with Crippen LogP contribution >= 0.6 is 0 Å². The molecule has 13 heteroatoms. The third-order valence-electron chi connectivity index (χ3n) is 10.5. The molecule has 13 nitrogen and oxygen atoms in total. The SMILES string of the molecule is CC1CCNC1.CCNC(=O)C1CCc2c(O)c3c(c(O)c2C1)C(=O)c1cccc(OC)c1C3=O.COC1CN(C2CCOC(C)C2O)CCO1. The molecule has 3 fully saturated rings. The topological polar surface area (TPSA) is 176 Å². The molecule has 7 rings (SSSR count). The van der Waals surface area contributed by atoms with Gasteiger partial charge in [0.2, 0.25) is 11.7 Å². The Bertz CT molecular complexity index is 1580. The van der Waals surface area contributed by atoms with Crippen molar-refractivity contribution in [3.05, 3.63) is 51.6 Å². The Morgan fingerprint density at radius 2 is 1.75 bits per heavy atom. The van der Waals surface area contributed by atoms with E-state index in [4.69, 9.17) is 18.9 Å². The second kappa shape index (κ2) is 17.3. The number of aliphatic hydroxyl groups is 1. The predicted molar refractivity (Wildman–Crippen MR) is 189 cm³/mol. The van der Waals surface area contributed by atoms with Gasteiger partial charge < -0.3 is 44.9 Å². The predicted octanol–water partition coefficient (Wildman–Crippen LogP) is 2.57. The molecule has 0 aromatic heterocycles. The van der Waals surface area contributed by atoms with Gasteiger partial charge in [-0.15, -0.1) is 0 Å². The number of nitrogens with zero attached hydrogens (tertiary/aromatic N) is 1. The fourth-order valence-electron chi connectivity index (χ4n) is 7.58. The number of phenols is 2. The third kappa shape index (κ3) is 8.24. The number of aliphatic hydroxyl groups excluding tert-OH is 1. The Labute approximate surface area is 299 Å². The normalized spacial score (nSPS) is 27.1. The molecule has 2 aromatic rings. The summed E-state index contributed by atoms with van der Waals surface area (Å²) in [5.41, 5.74) is 0.576. The Kier molecular flexibility index (Phi) is 13.1. The summed E-state index contributed by atoms with van der Waals surface area (Å²) in [7, 11) is 3.05. The average molecular weight is 712 g/mol. The maximum absolute atomic E-state index is 13.2. The molecule has 5 N–H and O–H groups in total. The summed E-state index contributed by atoms with van der Waals surface area (Å²) in [6.45, 7) is 12.0. The number of amides is 1. The minimum Gasteiger partial charge on any atom is -0.507 e. The van der Waals surface area contributed by atoms with Gasteiger partial charge in [-0.1, -0.05) is 19.1 Å². The molecule has 3 aliphatic heterocycles. The molecule has 6 atom stereocenters. The Balaban J connectivity index is 0.000000190. The van der Waals surface area contributed by atoms with E-state index in [2.05, 4.69) is 22.5 Å². The quantitative estimate of drug-likeness (QED) is 0.245. The minimum absolute atomic E-state index is 0.0809. The van der Waals surface area contributed by atoms with Crippen LogP contribution in [0.5, 0.6) is 17.2 Å². The van der Waals surface area contributed by atoms with Crippen molar-refractivity contribution >= 4 is 17.5 Å². The zero-order valence-corrected chi connectivity index (χ0v) is 30.3. The van der Waals surface area contributed by atoms with Crippen LogP contribution < -0.4 is 15.4 Å². The lowest BCUT2D eigenvalue weighted by molar-refractivity contribution is -0.190. The van der Waals surface area contributed by atoms with E-state index in [9.17, 15) is 29.7 Å². The summed E-state index contributed by atoms with van der Waals surface area (Å²) >= 11 is 0. The van der Waals surface area contributed by atoms with E-state index in [0.717, 1.165) is 32.0 Å². The van der Waals surface area contributed by atoms with Gasteiger partial charge >= 0.3 is 0 Å².